The van der Waals surface area contributed by atoms with Crippen LogP contribution >= 0.6 is 22.7 Å². The van der Waals surface area contributed by atoms with Gasteiger partial charge in [-0.25, -0.2) is 0 Å². The lowest BCUT2D eigenvalue weighted by Gasteiger charge is -2.28. The van der Waals surface area contributed by atoms with Gasteiger partial charge < -0.3 is 15.5 Å². The number of thiophene rings is 2. The molecule has 1 atom stereocenters. The molecule has 0 radical (unpaired) electrons. The van der Waals surface area contributed by atoms with E-state index in [9.17, 15) is 14.4 Å². The van der Waals surface area contributed by atoms with Gasteiger partial charge in [0.25, 0.3) is 11.8 Å². The molecule has 3 amide bonds. The molecule has 2 N–H and O–H groups in total. The van der Waals surface area contributed by atoms with Crippen LogP contribution in [0.5, 0.6) is 0 Å². The first-order chi connectivity index (χ1) is 15.8. The van der Waals surface area contributed by atoms with Crippen molar-refractivity contribution in [2.75, 3.05) is 11.9 Å². The van der Waals surface area contributed by atoms with Crippen molar-refractivity contribution < 1.29 is 14.4 Å². The van der Waals surface area contributed by atoms with E-state index in [0.717, 1.165) is 12.0 Å². The number of carbonyl (C=O) groups excluding carboxylic acids is 3. The molecular formula is C25H27N3O3S2. The van der Waals surface area contributed by atoms with Crippen LogP contribution in [0.2, 0.25) is 0 Å². The van der Waals surface area contributed by atoms with E-state index in [1.165, 1.54) is 21.8 Å². The first kappa shape index (κ1) is 23.2. The highest BCUT2D eigenvalue weighted by molar-refractivity contribution is 7.12. The average molecular weight is 482 g/mol. The smallest absolute Gasteiger partial charge is 0.262 e. The fourth-order valence-electron chi connectivity index (χ4n) is 3.96. The molecule has 1 aliphatic rings. The van der Waals surface area contributed by atoms with Crippen LogP contribution in [0.4, 0.5) is 5.69 Å². The van der Waals surface area contributed by atoms with Gasteiger partial charge in [-0.3, -0.25) is 14.4 Å². The average Bonchev–Trinajstić information content (AvgIpc) is 3.49. The number of hydrogen-bond acceptors (Lipinski definition) is 5. The number of nitrogens with one attached hydrogen (secondary N) is 2. The fraction of sp³-hybridized carbons (Fsp3) is 0.320. The molecule has 1 aromatic carbocycles. The zero-order valence-electron chi connectivity index (χ0n) is 18.9. The van der Waals surface area contributed by atoms with E-state index in [1.807, 2.05) is 31.1 Å². The Balaban J connectivity index is 1.49. The lowest BCUT2D eigenvalue weighted by atomic mass is 10.0. The van der Waals surface area contributed by atoms with Crippen molar-refractivity contribution in [2.45, 2.75) is 39.8 Å². The Hall–Kier alpha value is -2.97. The Labute approximate surface area is 201 Å². The van der Waals surface area contributed by atoms with Gasteiger partial charge in [0.1, 0.15) is 6.04 Å². The normalized spacial score (nSPS) is 14.0. The van der Waals surface area contributed by atoms with Gasteiger partial charge in [0, 0.05) is 29.2 Å². The molecule has 6 nitrogen and oxygen atoms in total. The number of nitrogens with zero attached hydrogens (tertiary/aromatic N) is 1. The third-order valence-corrected chi connectivity index (χ3v) is 7.79. The number of rotatable bonds is 6. The highest BCUT2D eigenvalue weighted by Crippen LogP contribution is 2.27. The standard InChI is InChI=1S/C25H27N3O3S2/c1-15(2)22(27-23(29)21-8-5-12-32-21)24(30)26-19-7-4-6-18(16(19)3)25(31)28-11-9-20-17(14-28)10-13-33-20/h4-8,10,12-13,15,22H,9,11,14H2,1-3H3,(H,26,30)(H,27,29). The van der Waals surface area contributed by atoms with E-state index >= 15 is 0 Å². The highest BCUT2D eigenvalue weighted by atomic mass is 32.1. The Morgan fingerprint density at radius 2 is 1.85 bits per heavy atom. The molecule has 3 heterocycles. The van der Waals surface area contributed by atoms with E-state index in [4.69, 9.17) is 0 Å². The largest absolute Gasteiger partial charge is 0.339 e. The Morgan fingerprint density at radius 3 is 2.58 bits per heavy atom. The molecule has 0 spiro atoms. The molecule has 8 heteroatoms. The lowest BCUT2D eigenvalue weighted by Crippen LogP contribution is -2.47. The van der Waals surface area contributed by atoms with Crippen LogP contribution in [-0.4, -0.2) is 35.2 Å². The summed E-state index contributed by atoms with van der Waals surface area (Å²) in [6.45, 7) is 6.92. The predicted octanol–water partition coefficient (Wildman–Crippen LogP) is 4.71. The second-order valence-corrected chi connectivity index (χ2v) is 10.4. The maximum Gasteiger partial charge on any atom is 0.262 e. The van der Waals surface area contributed by atoms with Crippen molar-refractivity contribution in [2.24, 2.45) is 5.92 Å². The summed E-state index contributed by atoms with van der Waals surface area (Å²) in [6, 6.07) is 10.3. The van der Waals surface area contributed by atoms with Gasteiger partial charge in [0.2, 0.25) is 5.91 Å². The molecule has 4 rings (SSSR count). The van der Waals surface area contributed by atoms with Gasteiger partial charge in [-0.1, -0.05) is 26.0 Å². The number of fused-ring (bicyclic) bond motifs is 1. The topological polar surface area (TPSA) is 78.5 Å². The maximum absolute atomic E-state index is 13.3. The van der Waals surface area contributed by atoms with Gasteiger partial charge in [-0.05, 0) is 65.4 Å². The number of benzene rings is 1. The van der Waals surface area contributed by atoms with Crippen molar-refractivity contribution in [3.05, 3.63) is 73.6 Å². The molecule has 0 aliphatic carbocycles. The first-order valence-corrected chi connectivity index (χ1v) is 12.7. The first-order valence-electron chi connectivity index (χ1n) is 10.9. The Morgan fingerprint density at radius 1 is 1.03 bits per heavy atom. The molecule has 2 aromatic heterocycles. The molecule has 1 aliphatic heterocycles. The molecular weight excluding hydrogens is 454 g/mol. The number of carbonyl (C=O) groups is 3. The van der Waals surface area contributed by atoms with E-state index in [1.54, 1.807) is 41.7 Å². The molecule has 33 heavy (non-hydrogen) atoms. The number of anilines is 1. The van der Waals surface area contributed by atoms with Gasteiger partial charge in [-0.2, -0.15) is 0 Å². The summed E-state index contributed by atoms with van der Waals surface area (Å²) in [4.78, 5) is 42.6. The minimum atomic E-state index is -0.697. The molecule has 1 unspecified atom stereocenters. The third-order valence-electron chi connectivity index (χ3n) is 5.90. The Bertz CT molecular complexity index is 1170. The third kappa shape index (κ3) is 5.02. The molecule has 0 fully saturated rings. The minimum Gasteiger partial charge on any atom is -0.339 e. The van der Waals surface area contributed by atoms with Gasteiger partial charge in [0.15, 0.2) is 0 Å². The minimum absolute atomic E-state index is 0.0353. The second-order valence-electron chi connectivity index (χ2n) is 8.49. The van der Waals surface area contributed by atoms with E-state index in [0.29, 0.717) is 29.2 Å². The Kier molecular flexibility index (Phi) is 6.95. The van der Waals surface area contributed by atoms with Crippen LogP contribution in [0.15, 0.2) is 47.2 Å². The summed E-state index contributed by atoms with van der Waals surface area (Å²) < 4.78 is 0. The van der Waals surface area contributed by atoms with Gasteiger partial charge in [-0.15, -0.1) is 22.7 Å². The molecule has 3 aromatic rings. The van der Waals surface area contributed by atoms with Gasteiger partial charge >= 0.3 is 0 Å². The number of hydrogen-bond donors (Lipinski definition) is 2. The lowest BCUT2D eigenvalue weighted by molar-refractivity contribution is -0.118. The summed E-state index contributed by atoms with van der Waals surface area (Å²) in [5, 5.41) is 9.67. The summed E-state index contributed by atoms with van der Waals surface area (Å²) in [7, 11) is 0. The quantitative estimate of drug-likeness (QED) is 0.535. The van der Waals surface area contributed by atoms with Gasteiger partial charge in [0.05, 0.1) is 4.88 Å². The summed E-state index contributed by atoms with van der Waals surface area (Å²) in [6.07, 6.45) is 0.869. The van der Waals surface area contributed by atoms with Crippen molar-refractivity contribution >= 4 is 46.1 Å². The van der Waals surface area contributed by atoms with Crippen molar-refractivity contribution in [3.63, 3.8) is 0 Å². The van der Waals surface area contributed by atoms with Crippen LogP contribution in [0.25, 0.3) is 0 Å². The van der Waals surface area contributed by atoms with Crippen LogP contribution in [0.1, 0.15) is 49.9 Å². The van der Waals surface area contributed by atoms with Crippen LogP contribution < -0.4 is 10.6 Å². The van der Waals surface area contributed by atoms with E-state index < -0.39 is 6.04 Å². The molecule has 0 saturated heterocycles. The molecule has 172 valence electrons. The molecule has 0 bridgehead atoms. The SMILES string of the molecule is Cc1c(NC(=O)C(NC(=O)c2cccs2)C(C)C)cccc1C(=O)N1CCc2sccc2C1. The van der Waals surface area contributed by atoms with Crippen molar-refractivity contribution in [3.8, 4) is 0 Å². The summed E-state index contributed by atoms with van der Waals surface area (Å²) in [5.41, 5.74) is 3.09. The highest BCUT2D eigenvalue weighted by Gasteiger charge is 2.27. The van der Waals surface area contributed by atoms with E-state index in [-0.39, 0.29) is 23.6 Å². The zero-order valence-corrected chi connectivity index (χ0v) is 20.5. The molecule has 0 saturated carbocycles. The van der Waals surface area contributed by atoms with Crippen molar-refractivity contribution in [1.29, 1.82) is 0 Å². The van der Waals surface area contributed by atoms with E-state index in [2.05, 4.69) is 22.1 Å². The maximum atomic E-state index is 13.3. The fourth-order valence-corrected chi connectivity index (χ4v) is 5.48. The van der Waals surface area contributed by atoms with Crippen LogP contribution in [-0.2, 0) is 17.8 Å². The zero-order chi connectivity index (χ0) is 23.5. The second kappa shape index (κ2) is 9.89. The van der Waals surface area contributed by atoms with Crippen LogP contribution in [0.3, 0.4) is 0 Å². The monoisotopic (exact) mass is 481 g/mol. The number of amides is 3. The van der Waals surface area contributed by atoms with Crippen molar-refractivity contribution in [1.82, 2.24) is 10.2 Å². The summed E-state index contributed by atoms with van der Waals surface area (Å²) >= 11 is 3.07. The van der Waals surface area contributed by atoms with Crippen LogP contribution in [0, 0.1) is 12.8 Å². The summed E-state index contributed by atoms with van der Waals surface area (Å²) in [5.74, 6) is -0.708. The predicted molar refractivity (Wildman–Crippen MR) is 133 cm³/mol.